The molecule has 0 unspecified atom stereocenters. The molecule has 0 aliphatic rings. The molecule has 1 aromatic rings. The van der Waals surface area contributed by atoms with Crippen molar-refractivity contribution in [3.8, 4) is 0 Å². The summed E-state index contributed by atoms with van der Waals surface area (Å²) in [5.74, 6) is -3.72. The lowest BCUT2D eigenvalue weighted by Crippen LogP contribution is -2.60. The van der Waals surface area contributed by atoms with Gasteiger partial charge < -0.3 is 40.1 Å². The molecule has 0 aromatic heterocycles. The molecule has 0 saturated carbocycles. The van der Waals surface area contributed by atoms with Crippen LogP contribution >= 0.6 is 0 Å². The Labute approximate surface area is 333 Å². The number of alkyl carbamates (subject to hydrolysis) is 1. The van der Waals surface area contributed by atoms with Crippen molar-refractivity contribution in [1.29, 1.82) is 0 Å². The topological polar surface area (TPSA) is 184 Å². The number of nitrogens with zero attached hydrogens (tertiary/aromatic N) is 3. The minimum atomic E-state index is -1.06. The van der Waals surface area contributed by atoms with Gasteiger partial charge in [0.2, 0.25) is 29.5 Å². The number of hydrogen-bond donors (Lipinski definition) is 3. The highest BCUT2D eigenvalue weighted by Crippen LogP contribution is 2.18. The molecule has 0 aliphatic carbocycles. The van der Waals surface area contributed by atoms with Crippen molar-refractivity contribution in [2.24, 2.45) is 17.8 Å². The van der Waals surface area contributed by atoms with Gasteiger partial charge in [-0.15, -0.1) is 0 Å². The second kappa shape index (κ2) is 22.8. The molecule has 1 rings (SSSR count). The Morgan fingerprint density at radius 2 is 1.23 bits per heavy atom. The maximum Gasteiger partial charge on any atom is 0.408 e. The van der Waals surface area contributed by atoms with Crippen molar-refractivity contribution in [2.75, 3.05) is 27.7 Å². The molecular weight excluding hydrogens is 720 g/mol. The number of ether oxygens (including phenoxy) is 2. The van der Waals surface area contributed by atoms with Crippen LogP contribution in [0.3, 0.4) is 0 Å². The lowest BCUT2D eigenvalue weighted by Gasteiger charge is -2.35. The van der Waals surface area contributed by atoms with Gasteiger partial charge in [-0.25, -0.2) is 9.59 Å². The van der Waals surface area contributed by atoms with Crippen molar-refractivity contribution in [3.05, 3.63) is 35.9 Å². The van der Waals surface area contributed by atoms with E-state index in [1.165, 1.54) is 42.8 Å². The van der Waals surface area contributed by atoms with Gasteiger partial charge in [-0.2, -0.15) is 0 Å². The number of hydrogen-bond acceptors (Lipinski definition) is 9. The Balaban J connectivity index is 3.14. The largest absolute Gasteiger partial charge is 0.459 e. The molecule has 15 heteroatoms. The molecule has 6 amide bonds. The summed E-state index contributed by atoms with van der Waals surface area (Å²) in [6.45, 7) is 19.2. The molecule has 0 fully saturated rings. The van der Waals surface area contributed by atoms with E-state index in [0.29, 0.717) is 0 Å². The Bertz CT molecular complexity index is 1480. The molecule has 316 valence electrons. The first-order chi connectivity index (χ1) is 25.9. The fourth-order valence-corrected chi connectivity index (χ4v) is 5.75. The van der Waals surface area contributed by atoms with E-state index < -0.39 is 83.3 Å². The first-order valence-electron chi connectivity index (χ1n) is 19.5. The van der Waals surface area contributed by atoms with Gasteiger partial charge in [-0.3, -0.25) is 24.0 Å². The number of benzene rings is 1. The molecule has 3 N–H and O–H groups in total. The SMILES string of the molecule is CC[C@H](NC(=O)OC(C)(C)C)C(=O)N(C)CC(=O)N(C)[C@@H](CC(C)C)C(=O)N[C@H](C(=O)N(C)[C@@H](CC(C)C)C(=O)N[C@@H](C)C(=O)OCc1ccccc1)C(C)C. The highest BCUT2D eigenvalue weighted by molar-refractivity contribution is 5.96. The fraction of sp³-hybridized carbons (Fsp3) is 0.683. The zero-order valence-electron chi connectivity index (χ0n) is 36.1. The monoisotopic (exact) mass is 789 g/mol. The van der Waals surface area contributed by atoms with Gasteiger partial charge >= 0.3 is 12.1 Å². The van der Waals surface area contributed by atoms with Crippen LogP contribution in [0.15, 0.2) is 30.3 Å². The van der Waals surface area contributed by atoms with E-state index in [0.717, 1.165) is 5.56 Å². The van der Waals surface area contributed by atoms with Crippen molar-refractivity contribution < 1.29 is 43.0 Å². The average Bonchev–Trinajstić information content (AvgIpc) is 3.10. The number of amides is 6. The molecular formula is C41H68N6O9. The second-order valence-corrected chi connectivity index (χ2v) is 16.6. The van der Waals surface area contributed by atoms with Crippen LogP contribution in [0.4, 0.5) is 4.79 Å². The van der Waals surface area contributed by atoms with Crippen LogP contribution in [-0.4, -0.2) is 120 Å². The van der Waals surface area contributed by atoms with Crippen molar-refractivity contribution in [2.45, 2.75) is 138 Å². The fourth-order valence-electron chi connectivity index (χ4n) is 5.75. The van der Waals surface area contributed by atoms with E-state index in [4.69, 9.17) is 9.47 Å². The van der Waals surface area contributed by atoms with Gasteiger partial charge in [0.05, 0.1) is 6.54 Å². The zero-order chi connectivity index (χ0) is 43.1. The number of carbonyl (C=O) groups is 7. The number of esters is 1. The maximum absolute atomic E-state index is 14.1. The lowest BCUT2D eigenvalue weighted by atomic mass is 9.97. The summed E-state index contributed by atoms with van der Waals surface area (Å²) in [7, 11) is 4.40. The smallest absolute Gasteiger partial charge is 0.408 e. The molecule has 0 bridgehead atoms. The highest BCUT2D eigenvalue weighted by atomic mass is 16.6. The molecule has 0 heterocycles. The van der Waals surface area contributed by atoms with Crippen LogP contribution in [0.25, 0.3) is 0 Å². The van der Waals surface area contributed by atoms with Crippen LogP contribution in [0, 0.1) is 17.8 Å². The summed E-state index contributed by atoms with van der Waals surface area (Å²) in [5.41, 5.74) is 0.0348. The molecule has 56 heavy (non-hydrogen) atoms. The predicted molar refractivity (Wildman–Crippen MR) is 214 cm³/mol. The van der Waals surface area contributed by atoms with Crippen LogP contribution in [0.5, 0.6) is 0 Å². The van der Waals surface area contributed by atoms with Gasteiger partial charge in [0.1, 0.15) is 42.4 Å². The van der Waals surface area contributed by atoms with E-state index in [9.17, 15) is 33.6 Å². The summed E-state index contributed by atoms with van der Waals surface area (Å²) in [6, 6.07) is 4.20. The maximum atomic E-state index is 14.1. The Morgan fingerprint density at radius 1 is 0.714 bits per heavy atom. The Kier molecular flexibility index (Phi) is 20.1. The summed E-state index contributed by atoms with van der Waals surface area (Å²) >= 11 is 0. The summed E-state index contributed by atoms with van der Waals surface area (Å²) in [4.78, 5) is 97.4. The van der Waals surface area contributed by atoms with Crippen molar-refractivity contribution >= 4 is 41.6 Å². The van der Waals surface area contributed by atoms with E-state index >= 15 is 0 Å². The van der Waals surface area contributed by atoms with E-state index in [-0.39, 0.29) is 44.2 Å². The third kappa shape index (κ3) is 16.6. The summed E-state index contributed by atoms with van der Waals surface area (Å²) < 4.78 is 10.7. The number of rotatable bonds is 20. The second-order valence-electron chi connectivity index (χ2n) is 16.6. The molecule has 0 aliphatic heterocycles. The molecule has 15 nitrogen and oxygen atoms in total. The normalized spacial score (nSPS) is 14.2. The lowest BCUT2D eigenvalue weighted by molar-refractivity contribution is -0.150. The van der Waals surface area contributed by atoms with Crippen LogP contribution in [0.2, 0.25) is 0 Å². The molecule has 1 aromatic carbocycles. The minimum Gasteiger partial charge on any atom is -0.459 e. The van der Waals surface area contributed by atoms with Crippen LogP contribution in [-0.2, 0) is 44.8 Å². The van der Waals surface area contributed by atoms with Crippen molar-refractivity contribution in [1.82, 2.24) is 30.7 Å². The third-order valence-corrected chi connectivity index (χ3v) is 8.98. The van der Waals surface area contributed by atoms with Crippen LogP contribution in [0.1, 0.15) is 101 Å². The first kappa shape index (κ1) is 49.3. The Morgan fingerprint density at radius 3 is 1.71 bits per heavy atom. The number of likely N-dealkylation sites (N-methyl/N-ethyl adjacent to an activating group) is 3. The van der Waals surface area contributed by atoms with Gasteiger partial charge in [0.15, 0.2) is 0 Å². The number of nitrogens with one attached hydrogen (secondary N) is 3. The zero-order valence-corrected chi connectivity index (χ0v) is 36.1. The van der Waals surface area contributed by atoms with E-state index in [1.54, 1.807) is 41.5 Å². The predicted octanol–water partition coefficient (Wildman–Crippen LogP) is 3.88. The average molecular weight is 789 g/mol. The van der Waals surface area contributed by atoms with Crippen molar-refractivity contribution in [3.63, 3.8) is 0 Å². The quantitative estimate of drug-likeness (QED) is 0.165. The standard InChI is InChI=1S/C41H68N6O9/c1-15-30(43-40(54)56-41(9,10)11)37(51)45(12)23-33(48)46(13)31(21-25(2)3)36(50)44-34(27(6)7)38(52)47(14)32(22-26(4)5)35(49)42-28(8)39(53)55-24-29-19-17-16-18-20-29/h16-20,25-28,30-32,34H,15,21-24H2,1-14H3,(H,42,49)(H,43,54)(H,44,50)/t28-,30-,31-,32-,34-/m0/s1. The molecule has 0 spiro atoms. The highest BCUT2D eigenvalue weighted by Gasteiger charge is 2.38. The van der Waals surface area contributed by atoms with Gasteiger partial charge in [-0.05, 0) is 70.3 Å². The minimum absolute atomic E-state index is 0.00535. The number of carbonyl (C=O) groups excluding carboxylic acids is 7. The molecule has 5 atom stereocenters. The summed E-state index contributed by atoms with van der Waals surface area (Å²) in [6.07, 6.45) is 0.0384. The van der Waals surface area contributed by atoms with Gasteiger partial charge in [0, 0.05) is 21.1 Å². The van der Waals surface area contributed by atoms with Gasteiger partial charge in [0.25, 0.3) is 0 Å². The van der Waals surface area contributed by atoms with Crippen LogP contribution < -0.4 is 16.0 Å². The van der Waals surface area contributed by atoms with E-state index in [1.807, 2.05) is 58.0 Å². The van der Waals surface area contributed by atoms with Gasteiger partial charge in [-0.1, -0.05) is 78.8 Å². The molecule has 0 radical (unpaired) electrons. The Hall–Kier alpha value is -4.69. The third-order valence-electron chi connectivity index (χ3n) is 8.98. The summed E-state index contributed by atoms with van der Waals surface area (Å²) in [5, 5.41) is 8.09. The molecule has 0 saturated heterocycles. The first-order valence-corrected chi connectivity index (χ1v) is 19.5. The van der Waals surface area contributed by atoms with E-state index in [2.05, 4.69) is 16.0 Å².